The van der Waals surface area contributed by atoms with Crippen LogP contribution in [0.2, 0.25) is 0 Å². The molecule has 0 radical (unpaired) electrons. The van der Waals surface area contributed by atoms with Gasteiger partial charge in [0.2, 0.25) is 0 Å². The maximum absolute atomic E-state index is 4.73. The average Bonchev–Trinajstić information content (AvgIpc) is 2.98. The van der Waals surface area contributed by atoms with Gasteiger partial charge in [0.15, 0.2) is 0 Å². The molecule has 0 spiro atoms. The summed E-state index contributed by atoms with van der Waals surface area (Å²) in [6.45, 7) is 0. The van der Waals surface area contributed by atoms with Crippen molar-refractivity contribution in [1.29, 1.82) is 0 Å². The van der Waals surface area contributed by atoms with Crippen LogP contribution in [0.3, 0.4) is 0 Å². The van der Waals surface area contributed by atoms with E-state index in [2.05, 4.69) is 46.7 Å². The Kier molecular flexibility index (Phi) is 3.52. The van der Waals surface area contributed by atoms with Crippen LogP contribution < -0.4 is 4.90 Å². The Bertz CT molecular complexity index is 685. The predicted octanol–water partition coefficient (Wildman–Crippen LogP) is 4.54. The van der Waals surface area contributed by atoms with Crippen molar-refractivity contribution in [2.24, 2.45) is 0 Å². The number of benzene rings is 2. The Balaban J connectivity index is 1.90. The van der Waals surface area contributed by atoms with Gasteiger partial charge in [-0.3, -0.25) is 0 Å². The molecule has 0 unspecified atom stereocenters. The summed E-state index contributed by atoms with van der Waals surface area (Å²) in [5, 5.41) is 3.18. The van der Waals surface area contributed by atoms with Crippen LogP contribution in [0.1, 0.15) is 0 Å². The molecule has 0 atom stereocenters. The van der Waals surface area contributed by atoms with E-state index in [4.69, 9.17) is 4.98 Å². The van der Waals surface area contributed by atoms with E-state index in [9.17, 15) is 0 Å². The van der Waals surface area contributed by atoms with Crippen molar-refractivity contribution in [2.75, 3.05) is 19.0 Å². The monoisotopic (exact) mass is 280 g/mol. The Morgan fingerprint density at radius 3 is 2.20 bits per heavy atom. The quantitative estimate of drug-likeness (QED) is 0.700. The Morgan fingerprint density at radius 2 is 1.55 bits per heavy atom. The van der Waals surface area contributed by atoms with Crippen LogP contribution in [-0.2, 0) is 0 Å². The topological polar surface area (TPSA) is 16.1 Å². The fourth-order valence-corrected chi connectivity index (χ4v) is 2.89. The number of hydrogen-bond donors (Lipinski definition) is 0. The second kappa shape index (κ2) is 5.47. The molecule has 20 heavy (non-hydrogen) atoms. The van der Waals surface area contributed by atoms with Crippen molar-refractivity contribution < 1.29 is 0 Å². The first kappa shape index (κ1) is 12.9. The van der Waals surface area contributed by atoms with Crippen LogP contribution >= 0.6 is 11.3 Å². The Morgan fingerprint density at radius 1 is 0.850 bits per heavy atom. The van der Waals surface area contributed by atoms with E-state index < -0.39 is 0 Å². The van der Waals surface area contributed by atoms with Crippen molar-refractivity contribution in [3.05, 3.63) is 60.0 Å². The summed E-state index contributed by atoms with van der Waals surface area (Å²) < 4.78 is 0. The molecule has 2 nitrogen and oxygen atoms in total. The molecule has 0 N–H and O–H groups in total. The van der Waals surface area contributed by atoms with Crippen LogP contribution in [0.5, 0.6) is 0 Å². The van der Waals surface area contributed by atoms with E-state index in [1.54, 1.807) is 11.3 Å². The van der Waals surface area contributed by atoms with E-state index in [1.807, 2.05) is 32.3 Å². The molecule has 3 rings (SSSR count). The third-order valence-electron chi connectivity index (χ3n) is 3.20. The summed E-state index contributed by atoms with van der Waals surface area (Å²) in [6, 6.07) is 18.8. The molecule has 0 saturated carbocycles. The van der Waals surface area contributed by atoms with E-state index in [-0.39, 0.29) is 0 Å². The molecule has 3 heteroatoms. The van der Waals surface area contributed by atoms with Gasteiger partial charge in [0.25, 0.3) is 0 Å². The summed E-state index contributed by atoms with van der Waals surface area (Å²) >= 11 is 1.69. The van der Waals surface area contributed by atoms with Gasteiger partial charge in [-0.15, -0.1) is 11.3 Å². The molecule has 0 aliphatic carbocycles. The number of rotatable bonds is 3. The first-order valence-corrected chi connectivity index (χ1v) is 7.41. The van der Waals surface area contributed by atoms with Crippen LogP contribution in [0.4, 0.5) is 5.69 Å². The van der Waals surface area contributed by atoms with Gasteiger partial charge < -0.3 is 4.90 Å². The summed E-state index contributed by atoms with van der Waals surface area (Å²) in [5.74, 6) is 0. The highest BCUT2D eigenvalue weighted by atomic mass is 32.1. The lowest BCUT2D eigenvalue weighted by Gasteiger charge is -2.11. The lowest BCUT2D eigenvalue weighted by molar-refractivity contribution is 1.13. The lowest BCUT2D eigenvalue weighted by atomic mass is 10.2. The Hall–Kier alpha value is -2.13. The zero-order valence-corrected chi connectivity index (χ0v) is 12.4. The fourth-order valence-electron chi connectivity index (χ4n) is 2.05. The molecule has 3 aromatic rings. The number of hydrogen-bond acceptors (Lipinski definition) is 3. The van der Waals surface area contributed by atoms with E-state index in [1.165, 1.54) is 16.8 Å². The molecule has 1 aromatic heterocycles. The average molecular weight is 280 g/mol. The van der Waals surface area contributed by atoms with Crippen molar-refractivity contribution >= 4 is 17.0 Å². The second-order valence-electron chi connectivity index (χ2n) is 4.85. The molecule has 1 heterocycles. The van der Waals surface area contributed by atoms with Crippen molar-refractivity contribution in [3.8, 4) is 21.8 Å². The fraction of sp³-hybridized carbons (Fsp3) is 0.118. The van der Waals surface area contributed by atoms with Crippen molar-refractivity contribution in [1.82, 2.24) is 4.98 Å². The van der Waals surface area contributed by atoms with Gasteiger partial charge in [0.05, 0.1) is 5.69 Å². The summed E-state index contributed by atoms with van der Waals surface area (Å²) in [4.78, 5) is 6.83. The highest BCUT2D eigenvalue weighted by molar-refractivity contribution is 7.13. The van der Waals surface area contributed by atoms with Gasteiger partial charge in [0, 0.05) is 36.3 Å². The number of nitrogens with zero attached hydrogens (tertiary/aromatic N) is 2. The standard InChI is InChI=1S/C17H16N2S/c1-19(2)15-10-8-14(9-11-15)17-18-16(12-20-17)13-6-4-3-5-7-13/h3-12H,1-2H3. The highest BCUT2D eigenvalue weighted by Gasteiger charge is 2.06. The molecule has 0 aliphatic heterocycles. The first-order chi connectivity index (χ1) is 9.74. The molecule has 0 saturated heterocycles. The first-order valence-electron chi connectivity index (χ1n) is 6.53. The minimum atomic E-state index is 1.04. The summed E-state index contributed by atoms with van der Waals surface area (Å²) in [7, 11) is 4.10. The van der Waals surface area contributed by atoms with E-state index in [0.29, 0.717) is 0 Å². The van der Waals surface area contributed by atoms with Gasteiger partial charge >= 0.3 is 0 Å². The van der Waals surface area contributed by atoms with Crippen LogP contribution in [0.25, 0.3) is 21.8 Å². The number of anilines is 1. The third kappa shape index (κ3) is 2.58. The van der Waals surface area contributed by atoms with E-state index in [0.717, 1.165) is 10.7 Å². The zero-order valence-electron chi connectivity index (χ0n) is 11.6. The summed E-state index contributed by atoms with van der Waals surface area (Å²) in [5.41, 5.74) is 4.58. The zero-order chi connectivity index (χ0) is 13.9. The van der Waals surface area contributed by atoms with Gasteiger partial charge in [0.1, 0.15) is 5.01 Å². The van der Waals surface area contributed by atoms with Gasteiger partial charge in [-0.1, -0.05) is 30.3 Å². The number of aromatic nitrogens is 1. The molecule has 0 amide bonds. The third-order valence-corrected chi connectivity index (χ3v) is 4.10. The number of thiazole rings is 1. The van der Waals surface area contributed by atoms with Crippen LogP contribution in [-0.4, -0.2) is 19.1 Å². The van der Waals surface area contributed by atoms with Gasteiger partial charge in [-0.25, -0.2) is 4.98 Å². The minimum absolute atomic E-state index is 1.04. The summed E-state index contributed by atoms with van der Waals surface area (Å²) in [6.07, 6.45) is 0. The molecule has 0 aliphatic rings. The normalized spacial score (nSPS) is 10.5. The smallest absolute Gasteiger partial charge is 0.124 e. The van der Waals surface area contributed by atoms with E-state index >= 15 is 0 Å². The SMILES string of the molecule is CN(C)c1ccc(-c2nc(-c3ccccc3)cs2)cc1. The van der Waals surface area contributed by atoms with Crippen LogP contribution in [0, 0.1) is 0 Å². The van der Waals surface area contributed by atoms with Crippen molar-refractivity contribution in [3.63, 3.8) is 0 Å². The maximum Gasteiger partial charge on any atom is 0.124 e. The molecular weight excluding hydrogens is 264 g/mol. The highest BCUT2D eigenvalue weighted by Crippen LogP contribution is 2.29. The molecule has 0 fully saturated rings. The predicted molar refractivity (Wildman–Crippen MR) is 87.3 cm³/mol. The maximum atomic E-state index is 4.73. The van der Waals surface area contributed by atoms with Crippen molar-refractivity contribution in [2.45, 2.75) is 0 Å². The molecule has 0 bridgehead atoms. The Labute approximate surface area is 123 Å². The minimum Gasteiger partial charge on any atom is -0.378 e. The lowest BCUT2D eigenvalue weighted by Crippen LogP contribution is -2.07. The largest absolute Gasteiger partial charge is 0.378 e. The molecule has 100 valence electrons. The molecule has 2 aromatic carbocycles. The second-order valence-corrected chi connectivity index (χ2v) is 5.70. The van der Waals surface area contributed by atoms with Gasteiger partial charge in [-0.2, -0.15) is 0 Å². The van der Waals surface area contributed by atoms with Crippen LogP contribution in [0.15, 0.2) is 60.0 Å². The molecular formula is C17H16N2S. The van der Waals surface area contributed by atoms with Gasteiger partial charge in [-0.05, 0) is 24.3 Å².